The second-order valence-electron chi connectivity index (χ2n) is 7.28. The Morgan fingerprint density at radius 1 is 0.788 bits per heavy atom. The van der Waals surface area contributed by atoms with Gasteiger partial charge in [-0.3, -0.25) is 5.43 Å². The topological polar surface area (TPSA) is 42.2 Å². The molecule has 0 fully saturated rings. The molecule has 0 atom stereocenters. The summed E-state index contributed by atoms with van der Waals surface area (Å²) in [5, 5.41) is 6.29. The maximum atomic E-state index is 6.24. The molecule has 0 aliphatic carbocycles. The first-order chi connectivity index (χ1) is 16.1. The van der Waals surface area contributed by atoms with Crippen molar-refractivity contribution in [3.8, 4) is 16.9 Å². The summed E-state index contributed by atoms with van der Waals surface area (Å²) in [6.45, 7) is 0. The molecule has 162 valence electrons. The highest BCUT2D eigenvalue weighted by Crippen LogP contribution is 2.35. The average Bonchev–Trinajstić information content (AvgIpc) is 3.18. The fraction of sp³-hybridized carbons (Fsp3) is 0. The average molecular weight is 492 g/mol. The summed E-state index contributed by atoms with van der Waals surface area (Å²) in [5.74, 6) is 0.329. The van der Waals surface area contributed by atoms with Crippen molar-refractivity contribution in [1.29, 1.82) is 0 Å². The Kier molecular flexibility index (Phi) is 6.05. The Hall–Kier alpha value is -3.31. The zero-order valence-electron chi connectivity index (χ0n) is 17.2. The van der Waals surface area contributed by atoms with Gasteiger partial charge in [0, 0.05) is 16.6 Å². The number of halogens is 3. The van der Waals surface area contributed by atoms with Gasteiger partial charge in [0.2, 0.25) is 0 Å². The van der Waals surface area contributed by atoms with E-state index in [1.165, 1.54) is 6.07 Å². The normalized spacial score (nSPS) is 11.4. The highest BCUT2D eigenvalue weighted by atomic mass is 35.5. The molecule has 0 amide bonds. The maximum Gasteiger partial charge on any atom is 0.166 e. The van der Waals surface area contributed by atoms with E-state index in [0.29, 0.717) is 10.8 Å². The maximum absolute atomic E-state index is 6.24. The lowest BCUT2D eigenvalue weighted by Crippen LogP contribution is -1.99. The molecule has 4 nitrogen and oxygen atoms in total. The molecule has 3 aromatic carbocycles. The van der Waals surface area contributed by atoms with Crippen molar-refractivity contribution in [3.05, 3.63) is 112 Å². The summed E-state index contributed by atoms with van der Waals surface area (Å²) < 4.78 is 2.25. The number of pyridine rings is 1. The molecule has 0 saturated carbocycles. The minimum absolute atomic E-state index is 0.157. The van der Waals surface area contributed by atoms with Crippen LogP contribution < -0.4 is 5.43 Å². The number of rotatable bonds is 5. The Labute approximate surface area is 206 Å². The molecule has 0 radical (unpaired) electrons. The monoisotopic (exact) mass is 490 g/mol. The summed E-state index contributed by atoms with van der Waals surface area (Å²) in [5.41, 5.74) is 8.10. The van der Waals surface area contributed by atoms with Crippen LogP contribution in [0.3, 0.4) is 0 Å². The minimum atomic E-state index is 0.157. The largest absolute Gasteiger partial charge is 0.309 e. The molecule has 5 aromatic rings. The molecule has 0 saturated heterocycles. The summed E-state index contributed by atoms with van der Waals surface area (Å²) in [4.78, 5) is 4.17. The van der Waals surface area contributed by atoms with Crippen molar-refractivity contribution < 1.29 is 0 Å². The summed E-state index contributed by atoms with van der Waals surface area (Å²) in [6, 6.07) is 30.3. The van der Waals surface area contributed by atoms with Gasteiger partial charge in [-0.1, -0.05) is 102 Å². The summed E-state index contributed by atoms with van der Waals surface area (Å²) >= 11 is 18.3. The van der Waals surface area contributed by atoms with E-state index in [1.54, 1.807) is 6.21 Å². The van der Waals surface area contributed by atoms with Gasteiger partial charge in [-0.25, -0.2) is 4.98 Å². The third-order valence-electron chi connectivity index (χ3n) is 5.23. The number of fused-ring (bicyclic) bond motifs is 1. The van der Waals surface area contributed by atoms with Crippen LogP contribution in [-0.4, -0.2) is 15.8 Å². The van der Waals surface area contributed by atoms with Crippen molar-refractivity contribution in [2.75, 3.05) is 5.43 Å². The molecular weight excluding hydrogens is 475 g/mol. The van der Waals surface area contributed by atoms with E-state index in [1.807, 2.05) is 48.5 Å². The van der Waals surface area contributed by atoms with Crippen LogP contribution in [0.25, 0.3) is 27.8 Å². The van der Waals surface area contributed by atoms with E-state index in [4.69, 9.17) is 34.8 Å². The second-order valence-corrected chi connectivity index (χ2v) is 8.45. The first kappa shape index (κ1) is 21.5. The van der Waals surface area contributed by atoms with E-state index in [-0.39, 0.29) is 10.2 Å². The molecule has 0 aliphatic rings. The molecule has 0 unspecified atom stereocenters. The molecule has 1 N–H and O–H groups in total. The predicted molar refractivity (Wildman–Crippen MR) is 139 cm³/mol. The van der Waals surface area contributed by atoms with Gasteiger partial charge in [0.25, 0.3) is 0 Å². The van der Waals surface area contributed by atoms with Gasteiger partial charge in [0.15, 0.2) is 5.82 Å². The number of hydrogen-bond donors (Lipinski definition) is 1. The van der Waals surface area contributed by atoms with Crippen LogP contribution in [0, 0.1) is 0 Å². The molecule has 0 aliphatic heterocycles. The second kappa shape index (κ2) is 9.28. The number of hydrazone groups is 1. The van der Waals surface area contributed by atoms with Crippen LogP contribution in [0.15, 0.2) is 96.1 Å². The number of aromatic nitrogens is 2. The first-order valence-electron chi connectivity index (χ1n) is 10.2. The summed E-state index contributed by atoms with van der Waals surface area (Å²) in [6.07, 6.45) is 1.78. The number of para-hydroxylation sites is 2. The van der Waals surface area contributed by atoms with Gasteiger partial charge < -0.3 is 4.57 Å². The van der Waals surface area contributed by atoms with Crippen LogP contribution in [0.2, 0.25) is 15.2 Å². The van der Waals surface area contributed by atoms with Crippen molar-refractivity contribution in [2.45, 2.75) is 0 Å². The van der Waals surface area contributed by atoms with Crippen LogP contribution in [0.5, 0.6) is 0 Å². The third kappa shape index (κ3) is 4.21. The molecule has 0 spiro atoms. The lowest BCUT2D eigenvalue weighted by Gasteiger charge is -2.12. The van der Waals surface area contributed by atoms with Crippen LogP contribution in [0.1, 0.15) is 5.56 Å². The molecule has 0 bridgehead atoms. The zero-order chi connectivity index (χ0) is 22.8. The van der Waals surface area contributed by atoms with Crippen molar-refractivity contribution >= 4 is 57.7 Å². The Morgan fingerprint density at radius 3 is 2.21 bits per heavy atom. The quantitative estimate of drug-likeness (QED) is 0.153. The number of nitrogens with zero attached hydrogens (tertiary/aromatic N) is 3. The Bertz CT molecular complexity index is 1460. The molecular formula is C26H17Cl3N4. The van der Waals surface area contributed by atoms with E-state index in [2.05, 4.69) is 56.5 Å². The highest BCUT2D eigenvalue weighted by Gasteiger charge is 2.18. The van der Waals surface area contributed by atoms with Gasteiger partial charge in [-0.2, -0.15) is 5.10 Å². The van der Waals surface area contributed by atoms with Crippen molar-refractivity contribution in [1.82, 2.24) is 9.55 Å². The number of hydrogen-bond acceptors (Lipinski definition) is 3. The van der Waals surface area contributed by atoms with Crippen LogP contribution >= 0.6 is 34.8 Å². The molecule has 2 aromatic heterocycles. The minimum Gasteiger partial charge on any atom is -0.309 e. The predicted octanol–water partition coefficient (Wildman–Crippen LogP) is 8.10. The van der Waals surface area contributed by atoms with Gasteiger partial charge >= 0.3 is 0 Å². The van der Waals surface area contributed by atoms with Gasteiger partial charge in [-0.05, 0) is 29.8 Å². The molecule has 7 heteroatoms. The van der Waals surface area contributed by atoms with Gasteiger partial charge in [0.05, 0.1) is 27.5 Å². The van der Waals surface area contributed by atoms with Crippen molar-refractivity contribution in [2.24, 2.45) is 5.10 Å². The first-order valence-corrected chi connectivity index (χ1v) is 11.3. The lowest BCUT2D eigenvalue weighted by molar-refractivity contribution is 1.13. The van der Waals surface area contributed by atoms with Gasteiger partial charge in [-0.15, -0.1) is 0 Å². The van der Waals surface area contributed by atoms with Crippen LogP contribution in [-0.2, 0) is 0 Å². The SMILES string of the molecule is Clc1cc(Cl)c(NN=Cc2c(-c3ccccc3)n(-c3ccccc3)c3ccccc23)nc1Cl. The Morgan fingerprint density at radius 2 is 1.45 bits per heavy atom. The molecule has 2 heterocycles. The highest BCUT2D eigenvalue weighted by molar-refractivity contribution is 6.42. The molecule has 5 rings (SSSR count). The Balaban J connectivity index is 1.69. The van der Waals surface area contributed by atoms with E-state index >= 15 is 0 Å². The lowest BCUT2D eigenvalue weighted by atomic mass is 10.1. The van der Waals surface area contributed by atoms with Crippen molar-refractivity contribution in [3.63, 3.8) is 0 Å². The zero-order valence-corrected chi connectivity index (χ0v) is 19.5. The van der Waals surface area contributed by atoms with E-state index in [9.17, 15) is 0 Å². The fourth-order valence-corrected chi connectivity index (χ4v) is 4.34. The van der Waals surface area contributed by atoms with E-state index < -0.39 is 0 Å². The third-order valence-corrected chi connectivity index (χ3v) is 6.19. The number of nitrogens with one attached hydrogen (secondary N) is 1. The number of benzene rings is 3. The smallest absolute Gasteiger partial charge is 0.166 e. The molecule has 33 heavy (non-hydrogen) atoms. The standard InChI is InChI=1S/C26H17Cl3N4/c27-21-15-22(28)26(31-25(21)29)32-30-16-20-19-13-7-8-14-23(19)33(18-11-5-2-6-12-18)24(20)17-9-3-1-4-10-17/h1-16H,(H,31,32). The van der Waals surface area contributed by atoms with Crippen LogP contribution in [0.4, 0.5) is 5.82 Å². The van der Waals surface area contributed by atoms with Gasteiger partial charge in [0.1, 0.15) is 5.15 Å². The fourth-order valence-electron chi connectivity index (χ4n) is 3.80. The number of anilines is 1. The van der Waals surface area contributed by atoms with E-state index in [0.717, 1.165) is 33.4 Å². The summed E-state index contributed by atoms with van der Waals surface area (Å²) in [7, 11) is 0.